The second-order valence-electron chi connectivity index (χ2n) is 6.80. The molecule has 0 atom stereocenters. The molecule has 7 nitrogen and oxygen atoms in total. The fourth-order valence-corrected chi connectivity index (χ4v) is 3.39. The third-order valence-corrected chi connectivity index (χ3v) is 4.71. The lowest BCUT2D eigenvalue weighted by atomic mass is 9.83. The van der Waals surface area contributed by atoms with Gasteiger partial charge in [0.05, 0.1) is 17.4 Å². The fraction of sp³-hybridized carbons (Fsp3) is 0.200. The van der Waals surface area contributed by atoms with E-state index in [2.05, 4.69) is 0 Å². The first kappa shape index (κ1) is 18.3. The monoisotopic (exact) mass is 365 g/mol. The number of carbonyl (C=O) groups excluding carboxylic acids is 2. The summed E-state index contributed by atoms with van der Waals surface area (Å²) in [7, 11) is 0. The van der Waals surface area contributed by atoms with Crippen molar-refractivity contribution in [2.24, 2.45) is 0 Å². The van der Waals surface area contributed by atoms with Crippen LogP contribution in [0.1, 0.15) is 19.4 Å². The number of nitrogens with zero attached hydrogens (tertiary/aromatic N) is 2. The summed E-state index contributed by atoms with van der Waals surface area (Å²) in [5.74, 6) is -1.58. The van der Waals surface area contributed by atoms with E-state index in [0.29, 0.717) is 5.70 Å². The van der Waals surface area contributed by atoms with Gasteiger partial charge in [-0.15, -0.1) is 0 Å². The summed E-state index contributed by atoms with van der Waals surface area (Å²) in [5.41, 5.74) is 1.85. The van der Waals surface area contributed by atoms with E-state index >= 15 is 0 Å². The molecule has 1 aliphatic carbocycles. The topological polar surface area (TPSA) is 104 Å². The van der Waals surface area contributed by atoms with Gasteiger partial charge in [0.15, 0.2) is 5.78 Å². The maximum Gasteiger partial charge on any atom is 0.270 e. The van der Waals surface area contributed by atoms with Gasteiger partial charge in [-0.1, -0.05) is 32.0 Å². The Morgan fingerprint density at radius 2 is 1.93 bits per heavy atom. The maximum absolute atomic E-state index is 12.0. The molecule has 0 saturated carbocycles. The van der Waals surface area contributed by atoms with Crippen molar-refractivity contribution < 1.29 is 19.6 Å². The number of carboxylic acid groups (broad SMARTS) is 1. The summed E-state index contributed by atoms with van der Waals surface area (Å²) in [6.07, 6.45) is 6.64. The molecule has 0 radical (unpaired) electrons. The van der Waals surface area contributed by atoms with Gasteiger partial charge in [0.2, 0.25) is 0 Å². The Balaban J connectivity index is 2.08. The molecule has 138 valence electrons. The van der Waals surface area contributed by atoms with Gasteiger partial charge < -0.3 is 14.8 Å². The zero-order chi connectivity index (χ0) is 19.8. The first-order chi connectivity index (χ1) is 12.7. The molecule has 1 aromatic rings. The van der Waals surface area contributed by atoms with Gasteiger partial charge in [-0.25, -0.2) is 0 Å². The third kappa shape index (κ3) is 3.31. The highest BCUT2D eigenvalue weighted by Crippen LogP contribution is 2.47. The van der Waals surface area contributed by atoms with Crippen LogP contribution >= 0.6 is 0 Å². The summed E-state index contributed by atoms with van der Waals surface area (Å²) in [4.78, 5) is 35.3. The Kier molecular flexibility index (Phi) is 4.53. The van der Waals surface area contributed by atoms with Gasteiger partial charge in [0.1, 0.15) is 0 Å². The summed E-state index contributed by atoms with van der Waals surface area (Å²) in [6, 6.07) is 7.44. The summed E-state index contributed by atoms with van der Waals surface area (Å²) in [6.45, 7) is 3.57. The van der Waals surface area contributed by atoms with E-state index in [0.717, 1.165) is 23.4 Å². The molecule has 0 aromatic heterocycles. The predicted molar refractivity (Wildman–Crippen MR) is 97.2 cm³/mol. The van der Waals surface area contributed by atoms with Crippen LogP contribution in [0.5, 0.6) is 0 Å². The highest BCUT2D eigenvalue weighted by Gasteiger charge is 2.39. The zero-order valence-electron chi connectivity index (χ0n) is 14.8. The minimum atomic E-state index is -1.23. The summed E-state index contributed by atoms with van der Waals surface area (Å²) >= 11 is 0. The molecule has 27 heavy (non-hydrogen) atoms. The van der Waals surface area contributed by atoms with E-state index in [1.165, 1.54) is 12.2 Å². The van der Waals surface area contributed by atoms with Gasteiger partial charge in [0.25, 0.3) is 5.70 Å². The SMILES string of the molecule is CC1(C)C(=CC=C2C=C([N+](=O)[O-])C=CC2=O)N(CC(=O)[O-])c2ccccc21. The normalized spacial score (nSPS) is 20.7. The Morgan fingerprint density at radius 3 is 2.59 bits per heavy atom. The van der Waals surface area contributed by atoms with Crippen LogP contribution in [0.4, 0.5) is 5.69 Å². The number of carboxylic acids is 1. The lowest BCUT2D eigenvalue weighted by Gasteiger charge is -2.27. The van der Waals surface area contributed by atoms with Crippen LogP contribution in [0, 0.1) is 10.1 Å². The molecule has 2 aliphatic rings. The van der Waals surface area contributed by atoms with E-state index < -0.39 is 16.3 Å². The van der Waals surface area contributed by atoms with Gasteiger partial charge in [-0.3, -0.25) is 14.9 Å². The number of hydrogen-bond acceptors (Lipinski definition) is 6. The first-order valence-electron chi connectivity index (χ1n) is 8.29. The Bertz CT molecular complexity index is 966. The molecule has 1 aliphatic heterocycles. The number of aliphatic carboxylic acids is 1. The van der Waals surface area contributed by atoms with Crippen molar-refractivity contribution in [3.63, 3.8) is 0 Å². The standard InChI is InChI=1S/C20H18N2O5/c1-20(2)15-5-3-4-6-16(15)21(12-19(24)25)18(20)10-7-13-11-14(22(26)27)8-9-17(13)23/h3-11H,12H2,1-2H3,(H,24,25)/p-1. The first-order valence-corrected chi connectivity index (χ1v) is 8.29. The molecule has 3 rings (SSSR count). The van der Waals surface area contributed by atoms with Crippen LogP contribution < -0.4 is 10.0 Å². The smallest absolute Gasteiger partial charge is 0.270 e. The van der Waals surface area contributed by atoms with Gasteiger partial charge in [-0.2, -0.15) is 0 Å². The zero-order valence-corrected chi connectivity index (χ0v) is 14.8. The number of benzene rings is 1. The number of ketones is 1. The van der Waals surface area contributed by atoms with Crippen LogP contribution in [0.15, 0.2) is 71.6 Å². The number of fused-ring (bicyclic) bond motifs is 1. The minimum Gasteiger partial charge on any atom is -0.548 e. The van der Waals surface area contributed by atoms with Gasteiger partial charge in [-0.05, 0) is 29.9 Å². The van der Waals surface area contributed by atoms with Crippen molar-refractivity contribution >= 4 is 17.4 Å². The Morgan fingerprint density at radius 1 is 1.22 bits per heavy atom. The van der Waals surface area contributed by atoms with E-state index in [1.54, 1.807) is 11.0 Å². The summed E-state index contributed by atoms with van der Waals surface area (Å²) < 4.78 is 0. The molecule has 1 aromatic carbocycles. The molecular formula is C20H17N2O5-. The molecule has 1 heterocycles. The largest absolute Gasteiger partial charge is 0.548 e. The van der Waals surface area contributed by atoms with Crippen LogP contribution in [0.25, 0.3) is 0 Å². The molecule has 0 amide bonds. The Labute approximate surface area is 155 Å². The van der Waals surface area contributed by atoms with Crippen molar-refractivity contribution in [3.05, 3.63) is 87.3 Å². The average Bonchev–Trinajstić information content (AvgIpc) is 2.81. The lowest BCUT2D eigenvalue weighted by molar-refractivity contribution is -0.419. The Hall–Kier alpha value is -3.48. The van der Waals surface area contributed by atoms with Gasteiger partial charge in [0, 0.05) is 34.5 Å². The quantitative estimate of drug-likeness (QED) is 0.456. The van der Waals surface area contributed by atoms with Crippen molar-refractivity contribution in [1.82, 2.24) is 0 Å². The average molecular weight is 365 g/mol. The number of rotatable bonds is 4. The molecule has 0 fully saturated rings. The highest BCUT2D eigenvalue weighted by molar-refractivity contribution is 6.07. The molecule has 0 saturated heterocycles. The molecule has 0 N–H and O–H groups in total. The fourth-order valence-electron chi connectivity index (χ4n) is 3.39. The van der Waals surface area contributed by atoms with Crippen molar-refractivity contribution in [2.75, 3.05) is 11.4 Å². The van der Waals surface area contributed by atoms with E-state index in [-0.39, 0.29) is 23.6 Å². The van der Waals surface area contributed by atoms with E-state index in [4.69, 9.17) is 0 Å². The van der Waals surface area contributed by atoms with Crippen LogP contribution in [0.3, 0.4) is 0 Å². The second-order valence-corrected chi connectivity index (χ2v) is 6.80. The number of allylic oxidation sites excluding steroid dienone is 7. The number of para-hydroxylation sites is 1. The predicted octanol–water partition coefficient (Wildman–Crippen LogP) is 1.64. The summed E-state index contributed by atoms with van der Waals surface area (Å²) in [5, 5.41) is 22.2. The second kappa shape index (κ2) is 6.68. The number of hydrogen-bond donors (Lipinski definition) is 0. The highest BCUT2D eigenvalue weighted by atomic mass is 16.6. The number of carbonyl (C=O) groups is 2. The van der Waals surface area contributed by atoms with E-state index in [1.807, 2.05) is 38.1 Å². The van der Waals surface area contributed by atoms with Gasteiger partial charge >= 0.3 is 0 Å². The lowest BCUT2D eigenvalue weighted by Crippen LogP contribution is -2.38. The van der Waals surface area contributed by atoms with Crippen molar-refractivity contribution in [1.29, 1.82) is 0 Å². The molecule has 7 heteroatoms. The van der Waals surface area contributed by atoms with E-state index in [9.17, 15) is 24.8 Å². The molecular weight excluding hydrogens is 348 g/mol. The van der Waals surface area contributed by atoms with Crippen LogP contribution in [-0.2, 0) is 15.0 Å². The van der Waals surface area contributed by atoms with Crippen molar-refractivity contribution in [3.8, 4) is 0 Å². The maximum atomic E-state index is 12.0. The third-order valence-electron chi connectivity index (χ3n) is 4.71. The number of anilines is 1. The van der Waals surface area contributed by atoms with Crippen LogP contribution in [0.2, 0.25) is 0 Å². The van der Waals surface area contributed by atoms with Crippen LogP contribution in [-0.4, -0.2) is 23.2 Å². The molecule has 0 spiro atoms. The molecule has 0 bridgehead atoms. The van der Waals surface area contributed by atoms with Crippen molar-refractivity contribution in [2.45, 2.75) is 19.3 Å². The molecule has 0 unspecified atom stereocenters. The minimum absolute atomic E-state index is 0.164. The number of nitro groups is 1.